The van der Waals surface area contributed by atoms with Crippen molar-refractivity contribution in [2.45, 2.75) is 58.7 Å². The number of nitrogens with zero attached hydrogens (tertiary/aromatic N) is 2. The number of carbonyl (C=O) groups is 1. The highest BCUT2D eigenvalue weighted by atomic mass is 16.2. The molecule has 0 aliphatic carbocycles. The molecule has 1 aromatic heterocycles. The minimum absolute atomic E-state index is 0.244. The fourth-order valence-electron chi connectivity index (χ4n) is 3.96. The van der Waals surface area contributed by atoms with Crippen molar-refractivity contribution in [3.05, 3.63) is 23.0 Å². The predicted molar refractivity (Wildman–Crippen MR) is 80.0 cm³/mol. The van der Waals surface area contributed by atoms with Gasteiger partial charge < -0.3 is 14.8 Å². The summed E-state index contributed by atoms with van der Waals surface area (Å²) in [5.41, 5.74) is 3.21. The molecular weight excluding hydrogens is 250 g/mol. The first kappa shape index (κ1) is 13.7. The second kappa shape index (κ2) is 5.24. The molecular formula is C16H25N3O. The first-order chi connectivity index (χ1) is 9.63. The van der Waals surface area contributed by atoms with Gasteiger partial charge in [0.05, 0.1) is 5.56 Å². The Morgan fingerprint density at radius 3 is 2.75 bits per heavy atom. The molecule has 0 spiro atoms. The average Bonchev–Trinajstić information content (AvgIpc) is 2.84. The van der Waals surface area contributed by atoms with E-state index in [1.54, 1.807) is 0 Å². The Bertz CT molecular complexity index is 506. The van der Waals surface area contributed by atoms with E-state index in [-0.39, 0.29) is 5.91 Å². The molecule has 2 aliphatic heterocycles. The summed E-state index contributed by atoms with van der Waals surface area (Å²) in [5.74, 6) is 0.244. The van der Waals surface area contributed by atoms with Gasteiger partial charge in [-0.1, -0.05) is 0 Å². The third kappa shape index (κ3) is 2.06. The van der Waals surface area contributed by atoms with Gasteiger partial charge >= 0.3 is 0 Å². The van der Waals surface area contributed by atoms with Crippen LogP contribution in [0.3, 0.4) is 0 Å². The number of fused-ring (bicyclic) bond motifs is 2. The Hall–Kier alpha value is -1.29. The molecule has 0 saturated carbocycles. The molecule has 2 bridgehead atoms. The minimum Gasteiger partial charge on any atom is -0.349 e. The van der Waals surface area contributed by atoms with E-state index >= 15 is 0 Å². The number of hydrogen-bond donors (Lipinski definition) is 1. The summed E-state index contributed by atoms with van der Waals surface area (Å²) in [7, 11) is 0. The van der Waals surface area contributed by atoms with Gasteiger partial charge in [0.15, 0.2) is 0 Å². The summed E-state index contributed by atoms with van der Waals surface area (Å²) in [6.45, 7) is 9.22. The maximum absolute atomic E-state index is 13.0. The first-order valence-electron chi connectivity index (χ1n) is 7.83. The zero-order valence-electron chi connectivity index (χ0n) is 12.8. The Morgan fingerprint density at radius 2 is 2.05 bits per heavy atom. The smallest absolute Gasteiger partial charge is 0.256 e. The summed E-state index contributed by atoms with van der Waals surface area (Å²) in [4.78, 5) is 15.2. The zero-order valence-corrected chi connectivity index (χ0v) is 12.8. The van der Waals surface area contributed by atoms with Crippen LogP contribution in [-0.2, 0) is 6.54 Å². The Labute approximate surface area is 121 Å². The lowest BCUT2D eigenvalue weighted by Gasteiger charge is -2.28. The van der Waals surface area contributed by atoms with E-state index in [2.05, 4.69) is 41.6 Å². The van der Waals surface area contributed by atoms with Gasteiger partial charge in [-0.05, 0) is 52.6 Å². The van der Waals surface area contributed by atoms with Crippen LogP contribution in [0.1, 0.15) is 47.9 Å². The van der Waals surface area contributed by atoms with Crippen LogP contribution in [0.4, 0.5) is 0 Å². The van der Waals surface area contributed by atoms with Crippen LogP contribution < -0.4 is 5.32 Å². The Balaban J connectivity index is 1.92. The van der Waals surface area contributed by atoms with Crippen LogP contribution in [0, 0.1) is 13.8 Å². The molecule has 4 nitrogen and oxygen atoms in total. The van der Waals surface area contributed by atoms with Gasteiger partial charge in [0.2, 0.25) is 0 Å². The largest absolute Gasteiger partial charge is 0.349 e. The standard InChI is InChI=1S/C16H25N3O/c1-4-18-11(2)9-15(12(18)3)16(20)19-13-5-6-14(19)10-17-8-7-13/h9,13-14,17H,4-8,10H2,1-3H3. The number of rotatable bonds is 2. The number of amides is 1. The molecule has 2 fully saturated rings. The Kier molecular flexibility index (Phi) is 3.59. The van der Waals surface area contributed by atoms with Gasteiger partial charge in [0, 0.05) is 36.6 Å². The second-order valence-electron chi connectivity index (χ2n) is 6.12. The summed E-state index contributed by atoms with van der Waals surface area (Å²) >= 11 is 0. The van der Waals surface area contributed by atoms with Gasteiger partial charge in [0.1, 0.15) is 0 Å². The fraction of sp³-hybridized carbons (Fsp3) is 0.688. The fourth-order valence-corrected chi connectivity index (χ4v) is 3.96. The van der Waals surface area contributed by atoms with Crippen molar-refractivity contribution in [1.29, 1.82) is 0 Å². The normalized spacial score (nSPS) is 25.9. The number of aromatic nitrogens is 1. The van der Waals surface area contributed by atoms with Crippen LogP contribution in [0.15, 0.2) is 6.07 Å². The van der Waals surface area contributed by atoms with E-state index in [0.717, 1.165) is 43.7 Å². The number of hydrogen-bond acceptors (Lipinski definition) is 2. The molecule has 2 atom stereocenters. The van der Waals surface area contributed by atoms with Crippen molar-refractivity contribution in [1.82, 2.24) is 14.8 Å². The third-order valence-electron chi connectivity index (χ3n) is 5.01. The lowest BCUT2D eigenvalue weighted by Crippen LogP contribution is -2.42. The number of aryl methyl sites for hydroxylation is 1. The monoisotopic (exact) mass is 275 g/mol. The van der Waals surface area contributed by atoms with E-state index < -0.39 is 0 Å². The minimum atomic E-state index is 0.244. The molecule has 0 radical (unpaired) electrons. The summed E-state index contributed by atoms with van der Waals surface area (Å²) < 4.78 is 2.23. The van der Waals surface area contributed by atoms with Gasteiger partial charge in [-0.3, -0.25) is 4.79 Å². The number of nitrogens with one attached hydrogen (secondary N) is 1. The van der Waals surface area contributed by atoms with Crippen molar-refractivity contribution in [2.75, 3.05) is 13.1 Å². The van der Waals surface area contributed by atoms with Gasteiger partial charge in [-0.2, -0.15) is 0 Å². The van der Waals surface area contributed by atoms with Crippen LogP contribution in [0.25, 0.3) is 0 Å². The van der Waals surface area contributed by atoms with E-state index in [1.807, 2.05) is 0 Å². The topological polar surface area (TPSA) is 37.3 Å². The van der Waals surface area contributed by atoms with E-state index in [9.17, 15) is 4.79 Å². The third-order valence-corrected chi connectivity index (χ3v) is 5.01. The molecule has 0 aromatic carbocycles. The highest BCUT2D eigenvalue weighted by molar-refractivity contribution is 5.96. The molecule has 1 N–H and O–H groups in total. The van der Waals surface area contributed by atoms with E-state index in [0.29, 0.717) is 12.1 Å². The highest BCUT2D eigenvalue weighted by Gasteiger charge is 2.39. The summed E-state index contributed by atoms with van der Waals surface area (Å²) in [6, 6.07) is 2.89. The molecule has 20 heavy (non-hydrogen) atoms. The molecule has 3 heterocycles. The average molecular weight is 275 g/mol. The Morgan fingerprint density at radius 1 is 1.30 bits per heavy atom. The maximum atomic E-state index is 13.0. The van der Waals surface area contributed by atoms with Crippen LogP contribution in [-0.4, -0.2) is 40.5 Å². The van der Waals surface area contributed by atoms with Crippen LogP contribution >= 0.6 is 0 Å². The quantitative estimate of drug-likeness (QED) is 0.897. The van der Waals surface area contributed by atoms with Crippen molar-refractivity contribution >= 4 is 5.91 Å². The lowest BCUT2D eigenvalue weighted by atomic mass is 10.1. The van der Waals surface area contributed by atoms with Gasteiger partial charge in [-0.15, -0.1) is 0 Å². The van der Waals surface area contributed by atoms with Crippen molar-refractivity contribution in [2.24, 2.45) is 0 Å². The molecule has 2 unspecified atom stereocenters. The lowest BCUT2D eigenvalue weighted by molar-refractivity contribution is 0.0679. The second-order valence-corrected chi connectivity index (χ2v) is 6.12. The molecule has 2 aliphatic rings. The number of carbonyl (C=O) groups excluding carboxylic acids is 1. The molecule has 110 valence electrons. The molecule has 3 rings (SSSR count). The van der Waals surface area contributed by atoms with Crippen LogP contribution in [0.5, 0.6) is 0 Å². The zero-order chi connectivity index (χ0) is 14.3. The van der Waals surface area contributed by atoms with Gasteiger partial charge in [0.25, 0.3) is 5.91 Å². The molecule has 1 amide bonds. The SMILES string of the molecule is CCn1c(C)cc(C(=O)N2C3CCNCC2CC3)c1C. The van der Waals surface area contributed by atoms with E-state index in [1.165, 1.54) is 12.1 Å². The van der Waals surface area contributed by atoms with Crippen molar-refractivity contribution in [3.8, 4) is 0 Å². The van der Waals surface area contributed by atoms with Crippen molar-refractivity contribution in [3.63, 3.8) is 0 Å². The molecule has 1 aromatic rings. The first-order valence-corrected chi connectivity index (χ1v) is 7.83. The predicted octanol–water partition coefficient (Wildman–Crippen LogP) is 2.09. The van der Waals surface area contributed by atoms with Gasteiger partial charge in [-0.25, -0.2) is 0 Å². The van der Waals surface area contributed by atoms with Crippen molar-refractivity contribution < 1.29 is 4.79 Å². The van der Waals surface area contributed by atoms with Crippen LogP contribution in [0.2, 0.25) is 0 Å². The molecule has 2 saturated heterocycles. The highest BCUT2D eigenvalue weighted by Crippen LogP contribution is 2.30. The van der Waals surface area contributed by atoms with E-state index in [4.69, 9.17) is 0 Å². The summed E-state index contributed by atoms with van der Waals surface area (Å²) in [5, 5.41) is 3.46. The molecule has 4 heteroatoms. The summed E-state index contributed by atoms with van der Waals surface area (Å²) in [6.07, 6.45) is 3.41. The maximum Gasteiger partial charge on any atom is 0.256 e.